The summed E-state index contributed by atoms with van der Waals surface area (Å²) in [6.07, 6.45) is -3.31. The minimum atomic E-state index is -4.73. The van der Waals surface area contributed by atoms with Crippen LogP contribution in [0.4, 0.5) is 24.5 Å². The van der Waals surface area contributed by atoms with Crippen molar-refractivity contribution in [1.29, 1.82) is 0 Å². The van der Waals surface area contributed by atoms with Gasteiger partial charge in [-0.2, -0.15) is 18.3 Å². The van der Waals surface area contributed by atoms with E-state index in [1.54, 1.807) is 0 Å². The Morgan fingerprint density at radius 1 is 1.21 bits per heavy atom. The largest absolute Gasteiger partial charge is 0.433 e. The number of rotatable bonds is 4. The summed E-state index contributed by atoms with van der Waals surface area (Å²) < 4.78 is 66.1. The molecule has 0 spiro atoms. The molecule has 0 unspecified atom stereocenters. The first-order valence-electron chi connectivity index (χ1n) is 8.57. The highest BCUT2D eigenvalue weighted by atomic mass is 32.2. The molecule has 3 rings (SSSR count). The number of sulfonamides is 1. The van der Waals surface area contributed by atoms with Gasteiger partial charge in [0.05, 0.1) is 23.2 Å². The minimum absolute atomic E-state index is 0.0749. The van der Waals surface area contributed by atoms with Crippen molar-refractivity contribution in [3.8, 4) is 0 Å². The van der Waals surface area contributed by atoms with Crippen molar-refractivity contribution < 1.29 is 26.4 Å². The van der Waals surface area contributed by atoms with Gasteiger partial charge < -0.3 is 5.32 Å². The molecule has 0 bridgehead atoms. The number of hydrogen-bond acceptors (Lipinski definition) is 4. The van der Waals surface area contributed by atoms with Gasteiger partial charge in [-0.15, -0.1) is 0 Å². The van der Waals surface area contributed by atoms with E-state index >= 15 is 0 Å². The predicted molar refractivity (Wildman–Crippen MR) is 97.8 cm³/mol. The fraction of sp³-hybridized carbons (Fsp3) is 0.412. The number of carbonyl (C=O) groups is 1. The number of aromatic nitrogens is 2. The number of hydrogen-bond donors (Lipinski definition) is 1. The summed E-state index contributed by atoms with van der Waals surface area (Å²) in [5, 5.41) is 6.09. The summed E-state index contributed by atoms with van der Waals surface area (Å²) in [7, 11) is -3.34. The first-order valence-corrected chi connectivity index (χ1v) is 10.2. The molecule has 1 fully saturated rings. The maximum atomic E-state index is 13.4. The molecule has 1 saturated heterocycles. The lowest BCUT2D eigenvalue weighted by atomic mass is 10.2. The number of carbonyl (C=O) groups excluding carboxylic acids is 1. The van der Waals surface area contributed by atoms with Crippen LogP contribution in [0.15, 0.2) is 30.5 Å². The van der Waals surface area contributed by atoms with Crippen LogP contribution in [0.3, 0.4) is 0 Å². The maximum Gasteiger partial charge on any atom is 0.433 e. The van der Waals surface area contributed by atoms with Crippen molar-refractivity contribution in [1.82, 2.24) is 9.78 Å². The van der Waals surface area contributed by atoms with Gasteiger partial charge >= 0.3 is 6.18 Å². The van der Waals surface area contributed by atoms with E-state index in [9.17, 15) is 26.4 Å². The summed E-state index contributed by atoms with van der Waals surface area (Å²) in [6.45, 7) is 3.45. The topological polar surface area (TPSA) is 84.3 Å². The molecule has 1 aromatic heterocycles. The van der Waals surface area contributed by atoms with E-state index in [0.29, 0.717) is 18.7 Å². The molecule has 1 aliphatic heterocycles. The Morgan fingerprint density at radius 2 is 1.86 bits per heavy atom. The highest BCUT2D eigenvalue weighted by molar-refractivity contribution is 7.93. The molecule has 28 heavy (non-hydrogen) atoms. The zero-order valence-electron chi connectivity index (χ0n) is 15.2. The van der Waals surface area contributed by atoms with Crippen LogP contribution in [-0.4, -0.2) is 36.4 Å². The third kappa shape index (κ3) is 3.84. The molecule has 0 atom stereocenters. The predicted octanol–water partition coefficient (Wildman–Crippen LogP) is 3.28. The molecule has 0 radical (unpaired) electrons. The van der Waals surface area contributed by atoms with Gasteiger partial charge in [-0.3, -0.25) is 13.8 Å². The third-order valence-electron chi connectivity index (χ3n) is 4.31. The number of benzene rings is 1. The zero-order chi connectivity index (χ0) is 20.7. The second kappa shape index (κ2) is 7.12. The van der Waals surface area contributed by atoms with Crippen LogP contribution in [0.25, 0.3) is 0 Å². The highest BCUT2D eigenvalue weighted by Gasteiger charge is 2.40. The molecule has 1 aromatic carbocycles. The van der Waals surface area contributed by atoms with Crippen LogP contribution >= 0.6 is 0 Å². The Morgan fingerprint density at radius 3 is 2.36 bits per heavy atom. The molecule has 1 N–H and O–H groups in total. The van der Waals surface area contributed by atoms with Crippen LogP contribution in [0.5, 0.6) is 0 Å². The first-order chi connectivity index (χ1) is 13.0. The lowest BCUT2D eigenvalue weighted by Crippen LogP contribution is -2.25. The summed E-state index contributed by atoms with van der Waals surface area (Å²) in [6, 6.07) is 5.32. The van der Waals surface area contributed by atoms with Crippen molar-refractivity contribution in [3.05, 3.63) is 41.7 Å². The summed E-state index contributed by atoms with van der Waals surface area (Å²) >= 11 is 0. The monoisotopic (exact) mass is 416 g/mol. The van der Waals surface area contributed by atoms with E-state index in [1.807, 2.05) is 0 Å². The summed E-state index contributed by atoms with van der Waals surface area (Å²) in [5.41, 5.74) is -0.998. The van der Waals surface area contributed by atoms with Gasteiger partial charge in [0.15, 0.2) is 5.69 Å². The van der Waals surface area contributed by atoms with Crippen LogP contribution in [0.1, 0.15) is 42.4 Å². The van der Waals surface area contributed by atoms with E-state index < -0.39 is 39.4 Å². The molecule has 2 aromatic rings. The quantitative estimate of drug-likeness (QED) is 0.829. The van der Waals surface area contributed by atoms with Gasteiger partial charge in [0.2, 0.25) is 10.0 Å². The van der Waals surface area contributed by atoms with E-state index in [4.69, 9.17) is 0 Å². The number of halogens is 3. The standard InChI is InChI=1S/C17H19F3N4O3S/c1-11(2)24-15(17(18,19)20)14(10-21-24)16(25)22-12-4-6-13(7-5-12)23-8-3-9-28(23,26)27/h4-7,10-11H,3,8-9H2,1-2H3,(H,22,25). The Bertz CT molecular complexity index is 982. The van der Waals surface area contributed by atoms with Gasteiger partial charge in [-0.25, -0.2) is 8.42 Å². The number of nitrogens with zero attached hydrogens (tertiary/aromatic N) is 3. The molecule has 152 valence electrons. The van der Waals surface area contributed by atoms with Crippen LogP contribution < -0.4 is 9.62 Å². The average molecular weight is 416 g/mol. The molecule has 1 aliphatic rings. The molecular formula is C17H19F3N4O3S. The molecule has 2 heterocycles. The number of nitrogens with one attached hydrogen (secondary N) is 1. The Kier molecular flexibility index (Phi) is 5.13. The second-order valence-corrected chi connectivity index (χ2v) is 8.70. The lowest BCUT2D eigenvalue weighted by molar-refractivity contribution is -0.145. The zero-order valence-corrected chi connectivity index (χ0v) is 16.0. The second-order valence-electron chi connectivity index (χ2n) is 6.69. The lowest BCUT2D eigenvalue weighted by Gasteiger charge is -2.17. The van der Waals surface area contributed by atoms with E-state index in [-0.39, 0.29) is 11.4 Å². The highest BCUT2D eigenvalue weighted by Crippen LogP contribution is 2.34. The van der Waals surface area contributed by atoms with Crippen molar-refractivity contribution in [2.45, 2.75) is 32.5 Å². The normalized spacial score (nSPS) is 16.6. The SMILES string of the molecule is CC(C)n1ncc(C(=O)Nc2ccc(N3CCCS3(=O)=O)cc2)c1C(F)(F)F. The van der Waals surface area contributed by atoms with Crippen molar-refractivity contribution in [2.75, 3.05) is 21.9 Å². The molecule has 0 saturated carbocycles. The minimum Gasteiger partial charge on any atom is -0.322 e. The molecule has 7 nitrogen and oxygen atoms in total. The first kappa shape index (κ1) is 20.2. The van der Waals surface area contributed by atoms with E-state index in [1.165, 1.54) is 42.4 Å². The number of anilines is 2. The third-order valence-corrected chi connectivity index (χ3v) is 6.18. The maximum absolute atomic E-state index is 13.4. The van der Waals surface area contributed by atoms with Gasteiger partial charge in [0, 0.05) is 18.3 Å². The Hall–Kier alpha value is -2.56. The Labute approximate surface area is 160 Å². The molecule has 0 aliphatic carbocycles. The smallest absolute Gasteiger partial charge is 0.322 e. The molecule has 11 heteroatoms. The van der Waals surface area contributed by atoms with Crippen LogP contribution in [-0.2, 0) is 16.2 Å². The number of alkyl halides is 3. The van der Waals surface area contributed by atoms with Crippen molar-refractivity contribution in [3.63, 3.8) is 0 Å². The number of amides is 1. The molecular weight excluding hydrogens is 397 g/mol. The molecule has 1 amide bonds. The van der Waals surface area contributed by atoms with Gasteiger partial charge in [0.1, 0.15) is 0 Å². The van der Waals surface area contributed by atoms with E-state index in [0.717, 1.165) is 10.9 Å². The van der Waals surface area contributed by atoms with Gasteiger partial charge in [-0.05, 0) is 44.5 Å². The van der Waals surface area contributed by atoms with Crippen LogP contribution in [0, 0.1) is 0 Å². The van der Waals surface area contributed by atoms with Crippen LogP contribution in [0.2, 0.25) is 0 Å². The Balaban J connectivity index is 1.83. The fourth-order valence-electron chi connectivity index (χ4n) is 3.04. The van der Waals surface area contributed by atoms with Crippen molar-refractivity contribution in [2.24, 2.45) is 0 Å². The van der Waals surface area contributed by atoms with Gasteiger partial charge in [0.25, 0.3) is 5.91 Å². The van der Waals surface area contributed by atoms with E-state index in [2.05, 4.69) is 10.4 Å². The summed E-state index contributed by atoms with van der Waals surface area (Å²) in [4.78, 5) is 12.4. The van der Waals surface area contributed by atoms with Crippen molar-refractivity contribution >= 4 is 27.3 Å². The average Bonchev–Trinajstić information content (AvgIpc) is 3.18. The fourth-order valence-corrected chi connectivity index (χ4v) is 4.61. The summed E-state index contributed by atoms with van der Waals surface area (Å²) in [5.74, 6) is -0.869. The van der Waals surface area contributed by atoms with Gasteiger partial charge in [-0.1, -0.05) is 0 Å².